The van der Waals surface area contributed by atoms with Gasteiger partial charge in [-0.25, -0.2) is 17.9 Å². The first-order valence-electron chi connectivity index (χ1n) is 5.64. The number of anilines is 1. The van der Waals surface area contributed by atoms with Crippen molar-refractivity contribution in [1.29, 1.82) is 0 Å². The predicted molar refractivity (Wildman–Crippen MR) is 68.3 cm³/mol. The van der Waals surface area contributed by atoms with Crippen LogP contribution in [0.5, 0.6) is 0 Å². The molecule has 1 atom stereocenters. The Morgan fingerprint density at radius 2 is 2.00 bits per heavy atom. The molecular formula is C11H13F3N2O4S. The molecule has 10 heteroatoms. The zero-order valence-electron chi connectivity index (χ0n) is 10.8. The van der Waals surface area contributed by atoms with E-state index in [0.29, 0.717) is 0 Å². The summed E-state index contributed by atoms with van der Waals surface area (Å²) in [7, 11) is -4.41. The molecule has 0 aliphatic rings. The highest BCUT2D eigenvalue weighted by atomic mass is 32.2. The summed E-state index contributed by atoms with van der Waals surface area (Å²) in [4.78, 5) is 10.4. The maximum absolute atomic E-state index is 12.2. The Bertz CT molecular complexity index is 643. The van der Waals surface area contributed by atoms with Crippen LogP contribution in [0.3, 0.4) is 0 Å². The minimum atomic E-state index is -4.54. The van der Waals surface area contributed by atoms with Gasteiger partial charge in [-0.15, -0.1) is 0 Å². The smallest absolute Gasteiger partial charge is 0.390 e. The summed E-state index contributed by atoms with van der Waals surface area (Å²) >= 11 is 0. The first-order chi connectivity index (χ1) is 9.42. The van der Waals surface area contributed by atoms with Gasteiger partial charge in [-0.3, -0.25) is 0 Å². The first kappa shape index (κ1) is 17.2. The maximum Gasteiger partial charge on any atom is 0.390 e. The average Bonchev–Trinajstić information content (AvgIpc) is 2.24. The highest BCUT2D eigenvalue weighted by molar-refractivity contribution is 7.89. The summed E-state index contributed by atoms with van der Waals surface area (Å²) in [6, 6.07) is 1.57. The van der Waals surface area contributed by atoms with Gasteiger partial charge < -0.3 is 10.8 Å². The minimum absolute atomic E-state index is 0.0229. The second-order valence-corrected chi connectivity index (χ2v) is 6.08. The Labute approximate surface area is 118 Å². The molecule has 1 aromatic rings. The highest BCUT2D eigenvalue weighted by Gasteiger charge is 2.33. The van der Waals surface area contributed by atoms with Gasteiger partial charge in [0.15, 0.2) is 0 Å². The lowest BCUT2D eigenvalue weighted by atomic mass is 10.2. The van der Waals surface area contributed by atoms with E-state index < -0.39 is 45.1 Å². The van der Waals surface area contributed by atoms with Gasteiger partial charge >= 0.3 is 12.1 Å². The van der Waals surface area contributed by atoms with Gasteiger partial charge in [0.05, 0.1) is 16.9 Å². The topological polar surface area (TPSA) is 109 Å². The Hall–Kier alpha value is -1.81. The van der Waals surface area contributed by atoms with E-state index in [1.165, 1.54) is 0 Å². The van der Waals surface area contributed by atoms with Gasteiger partial charge in [-0.2, -0.15) is 13.2 Å². The summed E-state index contributed by atoms with van der Waals surface area (Å²) in [5.74, 6) is -1.55. The van der Waals surface area contributed by atoms with Crippen LogP contribution in [-0.2, 0) is 10.0 Å². The molecule has 0 radical (unpaired) electrons. The number of hydrogen-bond acceptors (Lipinski definition) is 4. The van der Waals surface area contributed by atoms with E-state index in [4.69, 9.17) is 10.8 Å². The average molecular weight is 326 g/mol. The van der Waals surface area contributed by atoms with Crippen molar-refractivity contribution < 1.29 is 31.5 Å². The molecule has 6 nitrogen and oxygen atoms in total. The number of aromatic carboxylic acids is 1. The van der Waals surface area contributed by atoms with Gasteiger partial charge in [0.2, 0.25) is 10.0 Å². The van der Waals surface area contributed by atoms with Crippen molar-refractivity contribution in [2.45, 2.75) is 30.5 Å². The summed E-state index contributed by atoms with van der Waals surface area (Å²) in [6.45, 7) is 1.03. The van der Waals surface area contributed by atoms with Crippen LogP contribution in [-0.4, -0.2) is 31.7 Å². The van der Waals surface area contributed by atoms with Crippen molar-refractivity contribution in [2.75, 3.05) is 5.73 Å². The third-order valence-electron chi connectivity index (χ3n) is 2.42. The van der Waals surface area contributed by atoms with Crippen LogP contribution >= 0.6 is 0 Å². The molecule has 0 aliphatic carbocycles. The van der Waals surface area contributed by atoms with Gasteiger partial charge in [0.1, 0.15) is 0 Å². The Morgan fingerprint density at radius 3 is 2.48 bits per heavy atom. The van der Waals surface area contributed by atoms with Gasteiger partial charge in [-0.05, 0) is 25.1 Å². The molecule has 0 aromatic heterocycles. The van der Waals surface area contributed by atoms with E-state index in [0.717, 1.165) is 25.1 Å². The highest BCUT2D eigenvalue weighted by Crippen LogP contribution is 2.23. The van der Waals surface area contributed by atoms with E-state index in [9.17, 15) is 26.4 Å². The van der Waals surface area contributed by atoms with Crippen molar-refractivity contribution in [2.24, 2.45) is 0 Å². The molecule has 1 aromatic carbocycles. The number of carboxylic acids is 1. The summed E-state index contributed by atoms with van der Waals surface area (Å²) in [5.41, 5.74) is 4.78. The quantitative estimate of drug-likeness (QED) is 0.712. The van der Waals surface area contributed by atoms with Gasteiger partial charge in [0, 0.05) is 11.7 Å². The molecular weight excluding hydrogens is 313 g/mol. The van der Waals surface area contributed by atoms with E-state index in [2.05, 4.69) is 0 Å². The lowest BCUT2D eigenvalue weighted by Gasteiger charge is -2.17. The fourth-order valence-electron chi connectivity index (χ4n) is 1.67. The molecule has 0 aliphatic heterocycles. The number of carbonyl (C=O) groups is 1. The van der Waals surface area contributed by atoms with Crippen LogP contribution in [0.2, 0.25) is 0 Å². The van der Waals surface area contributed by atoms with Crippen LogP contribution in [0.4, 0.5) is 18.9 Å². The Morgan fingerprint density at radius 1 is 1.43 bits per heavy atom. The van der Waals surface area contributed by atoms with Gasteiger partial charge in [0.25, 0.3) is 0 Å². The number of halogens is 3. The third-order valence-corrected chi connectivity index (χ3v) is 4.07. The van der Waals surface area contributed by atoms with Crippen molar-refractivity contribution >= 4 is 21.7 Å². The molecule has 0 spiro atoms. The molecule has 4 N–H and O–H groups in total. The van der Waals surface area contributed by atoms with Crippen molar-refractivity contribution in [3.63, 3.8) is 0 Å². The number of benzene rings is 1. The van der Waals surface area contributed by atoms with Crippen LogP contribution < -0.4 is 10.5 Å². The number of nitrogens with one attached hydrogen (secondary N) is 1. The van der Waals surface area contributed by atoms with Crippen molar-refractivity contribution in [3.05, 3.63) is 23.8 Å². The predicted octanol–water partition coefficient (Wildman–Crippen LogP) is 1.59. The number of nitrogen functional groups attached to an aromatic ring is 1. The zero-order chi connectivity index (χ0) is 16.4. The third kappa shape index (κ3) is 4.90. The first-order valence-corrected chi connectivity index (χ1v) is 7.12. The molecule has 1 rings (SSSR count). The fourth-order valence-corrected chi connectivity index (χ4v) is 3.09. The Balaban J connectivity index is 3.12. The monoisotopic (exact) mass is 326 g/mol. The molecule has 0 saturated carbocycles. The zero-order valence-corrected chi connectivity index (χ0v) is 11.6. The number of sulfonamides is 1. The number of rotatable bonds is 5. The maximum atomic E-state index is 12.2. The van der Waals surface area contributed by atoms with E-state index in [-0.39, 0.29) is 5.69 Å². The molecule has 0 heterocycles. The molecule has 1 unspecified atom stereocenters. The SMILES string of the molecule is CC(CC(F)(F)F)NS(=O)(=O)c1ccc(N)cc1C(=O)O. The van der Waals surface area contributed by atoms with E-state index in [1.807, 2.05) is 0 Å². The van der Waals surface area contributed by atoms with Crippen molar-refractivity contribution in [3.8, 4) is 0 Å². The molecule has 0 fully saturated rings. The molecule has 0 bridgehead atoms. The lowest BCUT2D eigenvalue weighted by molar-refractivity contribution is -0.137. The summed E-state index contributed by atoms with van der Waals surface area (Å²) in [5, 5.41) is 8.95. The number of hydrogen-bond donors (Lipinski definition) is 3. The minimum Gasteiger partial charge on any atom is -0.478 e. The largest absolute Gasteiger partial charge is 0.478 e. The molecule has 0 amide bonds. The van der Waals surface area contributed by atoms with Crippen LogP contribution in [0, 0.1) is 0 Å². The van der Waals surface area contributed by atoms with Crippen LogP contribution in [0.1, 0.15) is 23.7 Å². The standard InChI is InChI=1S/C11H13F3N2O4S/c1-6(5-11(12,13)14)16-21(19,20)9-3-2-7(15)4-8(9)10(17)18/h2-4,6,16H,5,15H2,1H3,(H,17,18). The molecule has 21 heavy (non-hydrogen) atoms. The van der Waals surface area contributed by atoms with Crippen LogP contribution in [0.15, 0.2) is 23.1 Å². The fraction of sp³-hybridized carbons (Fsp3) is 0.364. The summed E-state index contributed by atoms with van der Waals surface area (Å²) < 4.78 is 62.4. The van der Waals surface area contributed by atoms with E-state index >= 15 is 0 Å². The number of carboxylic acid groups (broad SMARTS) is 1. The second kappa shape index (κ2) is 5.90. The lowest BCUT2D eigenvalue weighted by Crippen LogP contribution is -2.36. The molecule has 0 saturated heterocycles. The Kier molecular flexibility index (Phi) is 4.84. The van der Waals surface area contributed by atoms with Crippen LogP contribution in [0.25, 0.3) is 0 Å². The summed E-state index contributed by atoms with van der Waals surface area (Å²) in [6.07, 6.45) is -5.91. The number of nitrogens with two attached hydrogens (primary N) is 1. The second-order valence-electron chi connectivity index (χ2n) is 4.40. The molecule has 118 valence electrons. The van der Waals surface area contributed by atoms with Gasteiger partial charge in [-0.1, -0.05) is 0 Å². The normalized spacial score (nSPS) is 13.9. The van der Waals surface area contributed by atoms with Crippen molar-refractivity contribution in [1.82, 2.24) is 4.72 Å². The number of alkyl halides is 3. The van der Waals surface area contributed by atoms with E-state index in [1.54, 1.807) is 4.72 Å².